The van der Waals surface area contributed by atoms with Crippen LogP contribution in [0.4, 0.5) is 0 Å². The van der Waals surface area contributed by atoms with E-state index in [-0.39, 0.29) is 31.2 Å². The zero-order valence-electron chi connectivity index (χ0n) is 11.7. The maximum absolute atomic E-state index is 9.47. The van der Waals surface area contributed by atoms with Crippen LogP contribution < -0.4 is 0 Å². The summed E-state index contributed by atoms with van der Waals surface area (Å²) in [6, 6.07) is 9.80. The molecule has 0 saturated carbocycles. The van der Waals surface area contributed by atoms with Crippen molar-refractivity contribution < 1.29 is 24.4 Å². The summed E-state index contributed by atoms with van der Waals surface area (Å²) in [6.07, 6.45) is 2.54. The third-order valence-corrected chi connectivity index (χ3v) is 3.71. The molecular formula is C16H20O5. The number of rotatable bonds is 4. The number of aliphatic hydroxyl groups is 2. The molecule has 1 aromatic rings. The van der Waals surface area contributed by atoms with Crippen LogP contribution in [-0.4, -0.2) is 47.8 Å². The molecule has 3 rings (SSSR count). The van der Waals surface area contributed by atoms with Crippen LogP contribution in [0.1, 0.15) is 18.3 Å². The van der Waals surface area contributed by atoms with Gasteiger partial charge < -0.3 is 24.4 Å². The topological polar surface area (TPSA) is 68.2 Å². The van der Waals surface area contributed by atoms with Gasteiger partial charge in [-0.15, -0.1) is 0 Å². The molecule has 2 aliphatic heterocycles. The minimum atomic E-state index is -0.765. The highest BCUT2D eigenvalue weighted by Crippen LogP contribution is 2.31. The van der Waals surface area contributed by atoms with Gasteiger partial charge in [0.1, 0.15) is 12.2 Å². The highest BCUT2D eigenvalue weighted by molar-refractivity contribution is 5.17. The molecule has 5 atom stereocenters. The fraction of sp³-hybridized carbons (Fsp3) is 0.500. The minimum Gasteiger partial charge on any atom is -0.394 e. The lowest BCUT2D eigenvalue weighted by Gasteiger charge is -2.39. The van der Waals surface area contributed by atoms with Crippen LogP contribution in [-0.2, 0) is 14.2 Å². The molecule has 5 nitrogen and oxygen atoms in total. The maximum atomic E-state index is 9.47. The molecule has 1 saturated heterocycles. The molecule has 2 heterocycles. The Labute approximate surface area is 123 Å². The van der Waals surface area contributed by atoms with Crippen molar-refractivity contribution in [3.63, 3.8) is 0 Å². The van der Waals surface area contributed by atoms with Crippen molar-refractivity contribution in [1.82, 2.24) is 0 Å². The number of benzene rings is 1. The second-order valence-corrected chi connectivity index (χ2v) is 5.35. The van der Waals surface area contributed by atoms with Gasteiger partial charge in [0.05, 0.1) is 25.4 Å². The van der Waals surface area contributed by atoms with Crippen LogP contribution in [0, 0.1) is 0 Å². The Morgan fingerprint density at radius 3 is 2.71 bits per heavy atom. The maximum Gasteiger partial charge on any atom is 0.184 e. The summed E-state index contributed by atoms with van der Waals surface area (Å²) in [5.41, 5.74) is 0.988. The molecule has 1 aromatic carbocycles. The molecule has 0 aliphatic carbocycles. The smallest absolute Gasteiger partial charge is 0.184 e. The SMILES string of the molecule is OC[C@H](O)C[C@@H]1C=C[C@@H]2OC(c3ccccc3)OC[C@H]2O1. The summed E-state index contributed by atoms with van der Waals surface area (Å²) in [5, 5.41) is 18.4. The van der Waals surface area contributed by atoms with Crippen LogP contribution in [0.25, 0.3) is 0 Å². The van der Waals surface area contributed by atoms with Crippen LogP contribution >= 0.6 is 0 Å². The predicted molar refractivity (Wildman–Crippen MR) is 75.5 cm³/mol. The van der Waals surface area contributed by atoms with Crippen molar-refractivity contribution >= 4 is 0 Å². The summed E-state index contributed by atoms with van der Waals surface area (Å²) in [7, 11) is 0. The normalized spacial score (nSPS) is 33.4. The first-order valence-corrected chi connectivity index (χ1v) is 7.21. The monoisotopic (exact) mass is 292 g/mol. The molecule has 0 bridgehead atoms. The molecular weight excluding hydrogens is 272 g/mol. The summed E-state index contributed by atoms with van der Waals surface area (Å²) in [6.45, 7) is 0.186. The van der Waals surface area contributed by atoms with Gasteiger partial charge in [-0.3, -0.25) is 0 Å². The van der Waals surface area contributed by atoms with E-state index in [9.17, 15) is 5.11 Å². The molecule has 2 aliphatic rings. The second-order valence-electron chi connectivity index (χ2n) is 5.35. The number of ether oxygens (including phenoxy) is 3. The molecule has 5 heteroatoms. The Hall–Kier alpha value is -1.24. The van der Waals surface area contributed by atoms with Crippen LogP contribution in [0.15, 0.2) is 42.5 Å². The van der Waals surface area contributed by atoms with Crippen molar-refractivity contribution in [2.75, 3.05) is 13.2 Å². The van der Waals surface area contributed by atoms with Gasteiger partial charge in [-0.1, -0.05) is 42.5 Å². The lowest BCUT2D eigenvalue weighted by molar-refractivity contribution is -0.263. The van der Waals surface area contributed by atoms with Gasteiger partial charge in [0, 0.05) is 12.0 Å². The highest BCUT2D eigenvalue weighted by atomic mass is 16.7. The third-order valence-electron chi connectivity index (χ3n) is 3.71. The van der Waals surface area contributed by atoms with E-state index in [4.69, 9.17) is 19.3 Å². The quantitative estimate of drug-likeness (QED) is 0.815. The van der Waals surface area contributed by atoms with E-state index < -0.39 is 6.10 Å². The lowest BCUT2D eigenvalue weighted by Crippen LogP contribution is -2.45. The van der Waals surface area contributed by atoms with Gasteiger partial charge in [-0.2, -0.15) is 0 Å². The summed E-state index contributed by atoms with van der Waals surface area (Å²) in [5.74, 6) is 0. The number of fused-ring (bicyclic) bond motifs is 1. The molecule has 21 heavy (non-hydrogen) atoms. The average Bonchev–Trinajstić information content (AvgIpc) is 2.55. The van der Waals surface area contributed by atoms with E-state index in [0.29, 0.717) is 13.0 Å². The lowest BCUT2D eigenvalue weighted by atomic mass is 10.0. The molecule has 0 spiro atoms. The molecule has 1 fully saturated rings. The van der Waals surface area contributed by atoms with Gasteiger partial charge in [-0.25, -0.2) is 0 Å². The molecule has 0 aromatic heterocycles. The first-order chi connectivity index (χ1) is 10.3. The highest BCUT2D eigenvalue weighted by Gasteiger charge is 2.36. The fourth-order valence-electron chi connectivity index (χ4n) is 2.60. The molecule has 2 N–H and O–H groups in total. The first-order valence-electron chi connectivity index (χ1n) is 7.21. The average molecular weight is 292 g/mol. The van der Waals surface area contributed by atoms with Crippen LogP contribution in [0.5, 0.6) is 0 Å². The van der Waals surface area contributed by atoms with Crippen molar-refractivity contribution in [1.29, 1.82) is 0 Å². The van der Waals surface area contributed by atoms with Crippen molar-refractivity contribution in [2.45, 2.75) is 37.1 Å². The largest absolute Gasteiger partial charge is 0.394 e. The standard InChI is InChI=1S/C16H20O5/c17-9-12(18)8-13-6-7-14-15(20-13)10-19-16(21-14)11-4-2-1-3-5-11/h1-7,12-18H,8-10H2/t12-,13+,14+,15-,16?/m1/s1. The van der Waals surface area contributed by atoms with Gasteiger partial charge in [-0.05, 0) is 0 Å². The Balaban J connectivity index is 1.62. The predicted octanol–water partition coefficient (Wildman–Crippen LogP) is 1.17. The Morgan fingerprint density at radius 2 is 1.95 bits per heavy atom. The van der Waals surface area contributed by atoms with Crippen molar-refractivity contribution in [3.05, 3.63) is 48.0 Å². The fourth-order valence-corrected chi connectivity index (χ4v) is 2.60. The van der Waals surface area contributed by atoms with E-state index in [1.54, 1.807) is 0 Å². The van der Waals surface area contributed by atoms with Crippen LogP contribution in [0.3, 0.4) is 0 Å². The molecule has 1 unspecified atom stereocenters. The number of aliphatic hydroxyl groups excluding tert-OH is 2. The van der Waals surface area contributed by atoms with Gasteiger partial charge in [0.25, 0.3) is 0 Å². The zero-order valence-corrected chi connectivity index (χ0v) is 11.7. The number of hydrogen-bond acceptors (Lipinski definition) is 5. The van der Waals surface area contributed by atoms with E-state index in [0.717, 1.165) is 5.56 Å². The van der Waals surface area contributed by atoms with Gasteiger partial charge >= 0.3 is 0 Å². The Morgan fingerprint density at radius 1 is 1.14 bits per heavy atom. The van der Waals surface area contributed by atoms with Crippen LogP contribution in [0.2, 0.25) is 0 Å². The molecule has 0 radical (unpaired) electrons. The van der Waals surface area contributed by atoms with Gasteiger partial charge in [0.15, 0.2) is 6.29 Å². The summed E-state index contributed by atoms with van der Waals surface area (Å²) < 4.78 is 17.5. The molecule has 0 amide bonds. The Kier molecular flexibility index (Phi) is 4.67. The summed E-state index contributed by atoms with van der Waals surface area (Å²) >= 11 is 0. The number of hydrogen-bond donors (Lipinski definition) is 2. The second kappa shape index (κ2) is 6.68. The third kappa shape index (κ3) is 3.51. The minimum absolute atomic E-state index is 0.147. The zero-order chi connectivity index (χ0) is 14.7. The first kappa shape index (κ1) is 14.7. The van der Waals surface area contributed by atoms with Gasteiger partial charge in [0.2, 0.25) is 0 Å². The van der Waals surface area contributed by atoms with Crippen molar-refractivity contribution in [2.24, 2.45) is 0 Å². The molecule has 114 valence electrons. The summed E-state index contributed by atoms with van der Waals surface area (Å²) in [4.78, 5) is 0. The van der Waals surface area contributed by atoms with E-state index >= 15 is 0 Å². The van der Waals surface area contributed by atoms with E-state index in [1.807, 2.05) is 42.5 Å². The Bertz CT molecular complexity index is 475. The van der Waals surface area contributed by atoms with E-state index in [2.05, 4.69) is 0 Å². The van der Waals surface area contributed by atoms with Crippen molar-refractivity contribution in [3.8, 4) is 0 Å². The van der Waals surface area contributed by atoms with E-state index in [1.165, 1.54) is 0 Å².